The van der Waals surface area contributed by atoms with E-state index in [0.29, 0.717) is 0 Å². The summed E-state index contributed by atoms with van der Waals surface area (Å²) in [5.41, 5.74) is 0. The number of hydrogen-bond acceptors (Lipinski definition) is 3. The maximum Gasteiger partial charge on any atom is 0.161 e. The molecule has 0 saturated carbocycles. The van der Waals surface area contributed by atoms with Gasteiger partial charge in [-0.3, -0.25) is 0 Å². The molecule has 0 aliphatic carbocycles. The Morgan fingerprint density at radius 3 is 1.53 bits per heavy atom. The van der Waals surface area contributed by atoms with Gasteiger partial charge in [0.05, 0.1) is 0 Å². The highest BCUT2D eigenvalue weighted by atomic mass is 33.1. The first-order valence-corrected chi connectivity index (χ1v) is 9.29. The Bertz CT molecular complexity index is 394. The summed E-state index contributed by atoms with van der Waals surface area (Å²) >= 11 is 3.58. The fourth-order valence-electron chi connectivity index (χ4n) is 1.23. The summed E-state index contributed by atoms with van der Waals surface area (Å²) in [6, 6.07) is 20.7. The van der Waals surface area contributed by atoms with Crippen molar-refractivity contribution in [3.63, 3.8) is 0 Å². The SMILES string of the molecule is COP(Sc1ccccc1)Sc1ccccc1. The lowest BCUT2D eigenvalue weighted by molar-refractivity contribution is 0.482. The summed E-state index contributed by atoms with van der Waals surface area (Å²) in [4.78, 5) is 2.51. The molecule has 1 nitrogen and oxygen atoms in total. The van der Waals surface area contributed by atoms with Gasteiger partial charge in [-0.25, -0.2) is 0 Å². The molecule has 0 aliphatic heterocycles. The van der Waals surface area contributed by atoms with E-state index in [1.807, 2.05) is 12.1 Å². The summed E-state index contributed by atoms with van der Waals surface area (Å²) in [5, 5.41) is 0. The zero-order valence-corrected chi connectivity index (χ0v) is 12.0. The van der Waals surface area contributed by atoms with Gasteiger partial charge in [-0.2, -0.15) is 0 Å². The molecule has 0 heterocycles. The molecule has 2 aromatic rings. The van der Waals surface area contributed by atoms with Crippen molar-refractivity contribution in [1.82, 2.24) is 0 Å². The molecule has 0 bridgehead atoms. The number of rotatable bonds is 5. The molecule has 2 rings (SSSR count). The topological polar surface area (TPSA) is 9.23 Å². The highest BCUT2D eigenvalue weighted by molar-refractivity contribution is 8.86. The van der Waals surface area contributed by atoms with Crippen LogP contribution >= 0.6 is 29.3 Å². The van der Waals surface area contributed by atoms with Gasteiger partial charge in [0.2, 0.25) is 0 Å². The standard InChI is InChI=1S/C13H13OPS2/c1-14-15(16-12-8-4-2-5-9-12)17-13-10-6-3-7-11-13/h2-11H,1H3. The fraction of sp³-hybridized carbons (Fsp3) is 0.0769. The minimum atomic E-state index is -0.578. The molecule has 17 heavy (non-hydrogen) atoms. The Kier molecular flexibility index (Phi) is 5.40. The second-order valence-corrected chi connectivity index (χ2v) is 9.11. The van der Waals surface area contributed by atoms with Crippen molar-refractivity contribution in [3.05, 3.63) is 60.7 Å². The molecule has 88 valence electrons. The van der Waals surface area contributed by atoms with Crippen molar-refractivity contribution >= 4 is 29.3 Å². The zero-order valence-electron chi connectivity index (χ0n) is 9.45. The van der Waals surface area contributed by atoms with Crippen LogP contribution in [0.5, 0.6) is 0 Å². The molecule has 0 spiro atoms. The van der Waals surface area contributed by atoms with E-state index < -0.39 is 6.55 Å². The van der Waals surface area contributed by atoms with E-state index in [4.69, 9.17) is 4.52 Å². The lowest BCUT2D eigenvalue weighted by atomic mass is 10.4. The van der Waals surface area contributed by atoms with Gasteiger partial charge in [-0.1, -0.05) is 59.2 Å². The predicted molar refractivity (Wildman–Crippen MR) is 78.5 cm³/mol. The van der Waals surface area contributed by atoms with Crippen molar-refractivity contribution in [2.24, 2.45) is 0 Å². The van der Waals surface area contributed by atoms with Crippen LogP contribution in [-0.4, -0.2) is 7.11 Å². The molecule has 0 radical (unpaired) electrons. The van der Waals surface area contributed by atoms with Gasteiger partial charge >= 0.3 is 0 Å². The van der Waals surface area contributed by atoms with Crippen LogP contribution in [0.2, 0.25) is 0 Å². The smallest absolute Gasteiger partial charge is 0.161 e. The van der Waals surface area contributed by atoms with Crippen LogP contribution in [0.1, 0.15) is 0 Å². The lowest BCUT2D eigenvalue weighted by Crippen LogP contribution is -1.72. The Labute approximate surface area is 111 Å². The van der Waals surface area contributed by atoms with E-state index >= 15 is 0 Å². The molecule has 0 saturated heterocycles. The van der Waals surface area contributed by atoms with Crippen LogP contribution in [0.4, 0.5) is 0 Å². The number of hydrogen-bond donors (Lipinski definition) is 0. The summed E-state index contributed by atoms with van der Waals surface area (Å²) in [6.45, 7) is -0.578. The monoisotopic (exact) mass is 280 g/mol. The lowest BCUT2D eigenvalue weighted by Gasteiger charge is -2.13. The van der Waals surface area contributed by atoms with Gasteiger partial charge in [0.1, 0.15) is 0 Å². The summed E-state index contributed by atoms with van der Waals surface area (Å²) in [5.74, 6) is 0. The largest absolute Gasteiger partial charge is 0.342 e. The average Bonchev–Trinajstić information content (AvgIpc) is 2.40. The van der Waals surface area contributed by atoms with Crippen LogP contribution in [0.15, 0.2) is 70.5 Å². The van der Waals surface area contributed by atoms with E-state index in [2.05, 4.69) is 48.5 Å². The van der Waals surface area contributed by atoms with Crippen molar-refractivity contribution < 1.29 is 4.52 Å². The maximum atomic E-state index is 5.55. The van der Waals surface area contributed by atoms with E-state index in [-0.39, 0.29) is 0 Å². The predicted octanol–water partition coefficient (Wildman–Crippen LogP) is 5.44. The molecule has 0 N–H and O–H groups in total. The third kappa shape index (κ3) is 4.36. The Morgan fingerprint density at radius 1 is 0.765 bits per heavy atom. The molecular formula is C13H13OPS2. The van der Waals surface area contributed by atoms with E-state index in [1.165, 1.54) is 9.79 Å². The second-order valence-electron chi connectivity index (χ2n) is 3.21. The fourth-order valence-corrected chi connectivity index (χ4v) is 6.52. The molecule has 0 amide bonds. The molecule has 0 unspecified atom stereocenters. The summed E-state index contributed by atoms with van der Waals surface area (Å²) < 4.78 is 5.55. The first-order valence-electron chi connectivity index (χ1n) is 5.19. The normalized spacial score (nSPS) is 10.7. The Balaban J connectivity index is 1.98. The van der Waals surface area contributed by atoms with Crippen LogP contribution < -0.4 is 0 Å². The highest BCUT2D eigenvalue weighted by Gasteiger charge is 2.11. The van der Waals surface area contributed by atoms with Gasteiger partial charge in [0.25, 0.3) is 0 Å². The van der Waals surface area contributed by atoms with Crippen LogP contribution in [-0.2, 0) is 4.52 Å². The molecule has 4 heteroatoms. The van der Waals surface area contributed by atoms with E-state index in [9.17, 15) is 0 Å². The molecular weight excluding hydrogens is 267 g/mol. The van der Waals surface area contributed by atoms with Crippen LogP contribution in [0.25, 0.3) is 0 Å². The van der Waals surface area contributed by atoms with Gasteiger partial charge in [-0.05, 0) is 24.3 Å². The van der Waals surface area contributed by atoms with Gasteiger partial charge < -0.3 is 4.52 Å². The van der Waals surface area contributed by atoms with Gasteiger partial charge in [-0.15, -0.1) is 0 Å². The van der Waals surface area contributed by atoms with E-state index in [1.54, 1.807) is 29.9 Å². The third-order valence-electron chi connectivity index (χ3n) is 2.00. The first kappa shape index (κ1) is 13.0. The van der Waals surface area contributed by atoms with Crippen molar-refractivity contribution in [3.8, 4) is 0 Å². The Hall–Kier alpha value is -0.470. The molecule has 0 fully saturated rings. The van der Waals surface area contributed by atoms with Crippen LogP contribution in [0.3, 0.4) is 0 Å². The molecule has 0 aliphatic rings. The average molecular weight is 280 g/mol. The minimum Gasteiger partial charge on any atom is -0.342 e. The van der Waals surface area contributed by atoms with E-state index in [0.717, 1.165) is 0 Å². The molecule has 0 atom stereocenters. The Morgan fingerprint density at radius 2 is 1.18 bits per heavy atom. The first-order chi connectivity index (χ1) is 8.38. The van der Waals surface area contributed by atoms with Gasteiger partial charge in [0, 0.05) is 16.9 Å². The van der Waals surface area contributed by atoms with Gasteiger partial charge in [0.15, 0.2) is 6.55 Å². The summed E-state index contributed by atoms with van der Waals surface area (Å²) in [7, 11) is 1.78. The number of benzene rings is 2. The third-order valence-corrected chi connectivity index (χ3v) is 7.95. The van der Waals surface area contributed by atoms with Crippen LogP contribution in [0, 0.1) is 0 Å². The quantitative estimate of drug-likeness (QED) is 0.674. The zero-order chi connectivity index (χ0) is 11.9. The molecule has 0 aromatic heterocycles. The van der Waals surface area contributed by atoms with Crippen molar-refractivity contribution in [2.75, 3.05) is 7.11 Å². The maximum absolute atomic E-state index is 5.55. The second kappa shape index (κ2) is 7.07. The minimum absolute atomic E-state index is 0.578. The van der Waals surface area contributed by atoms with Crippen molar-refractivity contribution in [2.45, 2.75) is 9.79 Å². The summed E-state index contributed by atoms with van der Waals surface area (Å²) in [6.07, 6.45) is 0. The highest BCUT2D eigenvalue weighted by Crippen LogP contribution is 2.66. The molecule has 2 aromatic carbocycles. The van der Waals surface area contributed by atoms with Crippen molar-refractivity contribution in [1.29, 1.82) is 0 Å².